The van der Waals surface area contributed by atoms with E-state index in [1.54, 1.807) is 5.38 Å². The number of oxime groups is 1. The maximum Gasteiger partial charge on any atom is 0.275 e. The van der Waals surface area contributed by atoms with Gasteiger partial charge in [-0.15, -0.1) is 11.3 Å². The number of nitrogens with two attached hydrogens (primary N) is 1. The fourth-order valence-corrected chi connectivity index (χ4v) is 2.93. The lowest BCUT2D eigenvalue weighted by molar-refractivity contribution is -0.114. The smallest absolute Gasteiger partial charge is 0.275 e. The molecule has 1 amide bonds. The Labute approximate surface area is 127 Å². The van der Waals surface area contributed by atoms with E-state index in [0.29, 0.717) is 17.4 Å². The highest BCUT2D eigenvalue weighted by molar-refractivity contribution is 7.13. The SMILES string of the molecule is Nc1nc(/C(=N\O)C(=O)NCCCN2CCCCC2)cs1. The maximum absolute atomic E-state index is 11.9. The molecule has 0 aromatic carbocycles. The van der Waals surface area contributed by atoms with E-state index in [2.05, 4.69) is 20.4 Å². The van der Waals surface area contributed by atoms with Gasteiger partial charge in [-0.1, -0.05) is 11.6 Å². The summed E-state index contributed by atoms with van der Waals surface area (Å²) in [5.74, 6) is -0.429. The fraction of sp³-hybridized carbons (Fsp3) is 0.615. The van der Waals surface area contributed by atoms with Crippen molar-refractivity contribution in [3.63, 3.8) is 0 Å². The van der Waals surface area contributed by atoms with Crippen molar-refractivity contribution in [1.29, 1.82) is 0 Å². The first-order valence-electron chi connectivity index (χ1n) is 7.14. The number of carbonyl (C=O) groups is 1. The quantitative estimate of drug-likeness (QED) is 0.313. The number of piperidine rings is 1. The molecule has 7 nitrogen and oxygen atoms in total. The number of anilines is 1. The van der Waals surface area contributed by atoms with Gasteiger partial charge >= 0.3 is 0 Å². The summed E-state index contributed by atoms with van der Waals surface area (Å²) in [6.07, 6.45) is 4.72. The molecule has 0 radical (unpaired) electrons. The molecule has 0 spiro atoms. The molecule has 8 heteroatoms. The first-order valence-corrected chi connectivity index (χ1v) is 8.02. The summed E-state index contributed by atoms with van der Waals surface area (Å²) in [7, 11) is 0. The number of likely N-dealkylation sites (tertiary alicyclic amines) is 1. The van der Waals surface area contributed by atoms with Gasteiger partial charge in [-0.3, -0.25) is 4.79 Å². The predicted molar refractivity (Wildman–Crippen MR) is 82.8 cm³/mol. The summed E-state index contributed by atoms with van der Waals surface area (Å²) in [6, 6.07) is 0. The summed E-state index contributed by atoms with van der Waals surface area (Å²) in [6.45, 7) is 3.83. The van der Waals surface area contributed by atoms with Crippen molar-refractivity contribution in [1.82, 2.24) is 15.2 Å². The molecule has 0 unspecified atom stereocenters. The van der Waals surface area contributed by atoms with E-state index in [1.807, 2.05) is 0 Å². The van der Waals surface area contributed by atoms with Crippen LogP contribution in [0.3, 0.4) is 0 Å². The highest BCUT2D eigenvalue weighted by atomic mass is 32.1. The van der Waals surface area contributed by atoms with Gasteiger partial charge in [0, 0.05) is 11.9 Å². The number of thiazole rings is 1. The van der Waals surface area contributed by atoms with Crippen molar-refractivity contribution < 1.29 is 10.0 Å². The molecule has 1 fully saturated rings. The third-order valence-corrected chi connectivity index (χ3v) is 4.14. The van der Waals surface area contributed by atoms with Gasteiger partial charge in [0.2, 0.25) is 0 Å². The van der Waals surface area contributed by atoms with Crippen LogP contribution in [0.4, 0.5) is 5.13 Å². The van der Waals surface area contributed by atoms with Gasteiger partial charge in [0.25, 0.3) is 5.91 Å². The Bertz CT molecular complexity index is 497. The molecule has 1 aliphatic heterocycles. The van der Waals surface area contributed by atoms with Crippen molar-refractivity contribution in [2.45, 2.75) is 25.7 Å². The Hall–Kier alpha value is -1.67. The number of nitrogens with zero attached hydrogens (tertiary/aromatic N) is 3. The number of hydrogen-bond donors (Lipinski definition) is 3. The van der Waals surface area contributed by atoms with Crippen LogP contribution in [0.5, 0.6) is 0 Å². The highest BCUT2D eigenvalue weighted by Gasteiger charge is 2.17. The summed E-state index contributed by atoms with van der Waals surface area (Å²) < 4.78 is 0. The third-order valence-electron chi connectivity index (χ3n) is 3.47. The van der Waals surface area contributed by atoms with E-state index in [9.17, 15) is 4.79 Å². The average molecular weight is 311 g/mol. The van der Waals surface area contributed by atoms with E-state index in [-0.39, 0.29) is 5.71 Å². The van der Waals surface area contributed by atoms with E-state index < -0.39 is 5.91 Å². The number of hydrogen-bond acceptors (Lipinski definition) is 7. The second kappa shape index (κ2) is 7.94. The molecule has 2 rings (SSSR count). The zero-order chi connectivity index (χ0) is 15.1. The summed E-state index contributed by atoms with van der Waals surface area (Å²) >= 11 is 1.20. The summed E-state index contributed by atoms with van der Waals surface area (Å²) in [5.41, 5.74) is 5.71. The van der Waals surface area contributed by atoms with Crippen LogP contribution < -0.4 is 11.1 Å². The molecule has 116 valence electrons. The van der Waals surface area contributed by atoms with Crippen LogP contribution in [0.15, 0.2) is 10.5 Å². The minimum absolute atomic E-state index is 0.0964. The zero-order valence-electron chi connectivity index (χ0n) is 11.9. The Balaban J connectivity index is 1.73. The predicted octanol–water partition coefficient (Wildman–Crippen LogP) is 0.896. The second-order valence-electron chi connectivity index (χ2n) is 5.03. The number of aromatic nitrogens is 1. The van der Waals surface area contributed by atoms with E-state index >= 15 is 0 Å². The molecule has 4 N–H and O–H groups in total. The molecule has 1 aromatic heterocycles. The first kappa shape index (κ1) is 15.7. The molecule has 21 heavy (non-hydrogen) atoms. The molecule has 0 atom stereocenters. The number of nitrogen functional groups attached to an aromatic ring is 1. The Morgan fingerprint density at radius 3 is 2.86 bits per heavy atom. The molecule has 0 bridgehead atoms. The molecule has 2 heterocycles. The van der Waals surface area contributed by atoms with Crippen molar-refractivity contribution in [2.75, 3.05) is 31.9 Å². The third kappa shape index (κ3) is 4.68. The number of rotatable bonds is 6. The van der Waals surface area contributed by atoms with Crippen LogP contribution in [0, 0.1) is 0 Å². The van der Waals surface area contributed by atoms with Crippen molar-refractivity contribution in [3.05, 3.63) is 11.1 Å². The van der Waals surface area contributed by atoms with Gasteiger partial charge in [0.05, 0.1) is 0 Å². The summed E-state index contributed by atoms with van der Waals surface area (Å²) in [5, 5.41) is 16.7. The van der Waals surface area contributed by atoms with Gasteiger partial charge < -0.3 is 21.2 Å². The van der Waals surface area contributed by atoms with Crippen LogP contribution in [-0.4, -0.2) is 52.9 Å². The number of amides is 1. The zero-order valence-corrected chi connectivity index (χ0v) is 12.7. The average Bonchev–Trinajstić information content (AvgIpc) is 2.92. The fourth-order valence-electron chi connectivity index (χ4n) is 2.38. The van der Waals surface area contributed by atoms with Crippen LogP contribution in [0.1, 0.15) is 31.4 Å². The van der Waals surface area contributed by atoms with Crippen LogP contribution >= 0.6 is 11.3 Å². The van der Waals surface area contributed by atoms with Crippen molar-refractivity contribution >= 4 is 28.1 Å². The van der Waals surface area contributed by atoms with E-state index in [4.69, 9.17) is 10.9 Å². The summed E-state index contributed by atoms with van der Waals surface area (Å²) in [4.78, 5) is 18.3. The largest absolute Gasteiger partial charge is 0.410 e. The van der Waals surface area contributed by atoms with Gasteiger partial charge in [-0.05, 0) is 38.9 Å². The Kier molecular flexibility index (Phi) is 5.94. The normalized spacial score (nSPS) is 16.9. The molecular formula is C13H21N5O2S. The number of nitrogens with one attached hydrogen (secondary N) is 1. The van der Waals surface area contributed by atoms with Crippen LogP contribution in [0.25, 0.3) is 0 Å². The lowest BCUT2D eigenvalue weighted by atomic mass is 10.1. The monoisotopic (exact) mass is 311 g/mol. The maximum atomic E-state index is 11.9. The standard InChI is InChI=1S/C13H21N5O2S/c14-13-16-10(9-21-13)11(17-20)12(19)15-5-4-8-18-6-2-1-3-7-18/h9,20H,1-8H2,(H2,14,16)(H,15,19)/b17-11+. The van der Waals surface area contributed by atoms with Gasteiger partial charge in [-0.25, -0.2) is 4.98 Å². The molecule has 1 aliphatic rings. The second-order valence-corrected chi connectivity index (χ2v) is 5.92. The van der Waals surface area contributed by atoms with E-state index in [0.717, 1.165) is 26.1 Å². The molecule has 0 saturated carbocycles. The first-order chi connectivity index (χ1) is 10.2. The number of carbonyl (C=O) groups excluding carboxylic acids is 1. The lowest BCUT2D eigenvalue weighted by Gasteiger charge is -2.26. The molecular weight excluding hydrogens is 290 g/mol. The minimum atomic E-state index is -0.429. The Morgan fingerprint density at radius 1 is 1.48 bits per heavy atom. The molecule has 1 saturated heterocycles. The lowest BCUT2D eigenvalue weighted by Crippen LogP contribution is -2.36. The van der Waals surface area contributed by atoms with Crippen LogP contribution in [0.2, 0.25) is 0 Å². The van der Waals surface area contributed by atoms with Crippen molar-refractivity contribution in [3.8, 4) is 0 Å². The van der Waals surface area contributed by atoms with Gasteiger partial charge in [0.1, 0.15) is 5.69 Å². The van der Waals surface area contributed by atoms with Crippen LogP contribution in [-0.2, 0) is 4.79 Å². The van der Waals surface area contributed by atoms with E-state index in [1.165, 1.54) is 30.6 Å². The molecule has 0 aliphatic carbocycles. The molecule has 1 aromatic rings. The minimum Gasteiger partial charge on any atom is -0.410 e. The van der Waals surface area contributed by atoms with Gasteiger partial charge in [-0.2, -0.15) is 0 Å². The van der Waals surface area contributed by atoms with Gasteiger partial charge in [0.15, 0.2) is 10.8 Å². The topological polar surface area (TPSA) is 104 Å². The van der Waals surface area contributed by atoms with Crippen molar-refractivity contribution in [2.24, 2.45) is 5.16 Å². The highest BCUT2D eigenvalue weighted by Crippen LogP contribution is 2.12. The Morgan fingerprint density at radius 2 is 2.24 bits per heavy atom.